The molecular weight excluding hydrogens is 610 g/mol. The number of carbonyl (C=O) groups excluding carboxylic acids is 2. The first-order valence-electron chi connectivity index (χ1n) is 15.0. The van der Waals surface area contributed by atoms with Gasteiger partial charge in [0, 0.05) is 36.1 Å². The van der Waals surface area contributed by atoms with Crippen molar-refractivity contribution in [2.24, 2.45) is 5.92 Å². The van der Waals surface area contributed by atoms with Crippen LogP contribution in [-0.4, -0.2) is 79.3 Å². The number of anilines is 2. The van der Waals surface area contributed by atoms with Gasteiger partial charge in [-0.15, -0.1) is 0 Å². The second-order valence-electron chi connectivity index (χ2n) is 11.8. The van der Waals surface area contributed by atoms with Crippen LogP contribution >= 0.6 is 0 Å². The van der Waals surface area contributed by atoms with Gasteiger partial charge in [-0.3, -0.25) is 9.52 Å². The average Bonchev–Trinajstić information content (AvgIpc) is 3.39. The smallest absolute Gasteiger partial charge is 0.321 e. The normalized spacial score (nSPS) is 17.7. The maximum Gasteiger partial charge on any atom is 0.321 e. The second kappa shape index (κ2) is 13.4. The van der Waals surface area contributed by atoms with E-state index in [1.807, 2.05) is 49.4 Å². The molecular formula is C33H39N5O7S. The van der Waals surface area contributed by atoms with Gasteiger partial charge in [0.2, 0.25) is 5.91 Å². The average molecular weight is 650 g/mol. The summed E-state index contributed by atoms with van der Waals surface area (Å²) in [6.45, 7) is 6.99. The standard InChI is InChI=1S/C33H39N5O7S/c1-20-17-38(21(2)19-39)31(40)16-25-15-26(36-46(42,43)32-22(3)35-45-23(32)4)13-14-29(25)44-30(20)18-37(5)33(41)34-28-12-8-10-24-9-6-7-11-27(24)28/h6-15,20-21,30,36,39H,16-19H2,1-5H3,(H,34,41)/t20-,21-,30-/m1/s1. The number of hydrogen-bond donors (Lipinski definition) is 3. The number of urea groups is 1. The third-order valence-corrected chi connectivity index (χ3v) is 9.86. The fourth-order valence-electron chi connectivity index (χ4n) is 5.67. The van der Waals surface area contributed by atoms with Gasteiger partial charge in [0.15, 0.2) is 10.7 Å². The van der Waals surface area contributed by atoms with Gasteiger partial charge < -0.3 is 29.5 Å². The Morgan fingerprint density at radius 3 is 2.61 bits per heavy atom. The molecule has 0 bridgehead atoms. The first kappa shape index (κ1) is 32.8. The molecule has 0 spiro atoms. The van der Waals surface area contributed by atoms with Gasteiger partial charge in [-0.05, 0) is 50.4 Å². The molecule has 3 atom stereocenters. The SMILES string of the molecule is Cc1noc(C)c1S(=O)(=O)Nc1ccc2c(c1)CC(=O)N([C@H](C)CO)C[C@@H](C)[C@@H](CN(C)C(=O)Nc1cccc3ccccc13)O2. The Hall–Kier alpha value is -4.62. The summed E-state index contributed by atoms with van der Waals surface area (Å²) in [5, 5.41) is 18.6. The predicted octanol–water partition coefficient (Wildman–Crippen LogP) is 4.56. The second-order valence-corrected chi connectivity index (χ2v) is 13.4. The van der Waals surface area contributed by atoms with E-state index in [0.29, 0.717) is 17.0 Å². The van der Waals surface area contributed by atoms with Crippen molar-refractivity contribution in [3.8, 4) is 5.75 Å². The molecule has 3 aromatic carbocycles. The van der Waals surface area contributed by atoms with Gasteiger partial charge in [0.25, 0.3) is 10.0 Å². The molecule has 0 radical (unpaired) electrons. The van der Waals surface area contributed by atoms with Gasteiger partial charge in [-0.25, -0.2) is 13.2 Å². The number of aryl methyl sites for hydroxylation is 2. The number of rotatable bonds is 8. The van der Waals surface area contributed by atoms with Gasteiger partial charge >= 0.3 is 6.03 Å². The number of nitrogens with one attached hydrogen (secondary N) is 2. The first-order valence-corrected chi connectivity index (χ1v) is 16.5. The number of aliphatic hydroxyl groups is 1. The molecule has 0 saturated carbocycles. The van der Waals surface area contributed by atoms with Crippen molar-refractivity contribution < 1.29 is 32.4 Å². The zero-order chi connectivity index (χ0) is 33.2. The van der Waals surface area contributed by atoms with E-state index >= 15 is 0 Å². The number of carbonyl (C=O) groups is 2. The molecule has 13 heteroatoms. The Labute approximate surface area is 268 Å². The molecule has 1 aliphatic rings. The number of benzene rings is 3. The summed E-state index contributed by atoms with van der Waals surface area (Å²) in [4.78, 5) is 30.0. The number of nitrogens with zero attached hydrogens (tertiary/aromatic N) is 3. The van der Waals surface area contributed by atoms with E-state index in [-0.39, 0.29) is 66.0 Å². The molecule has 0 aliphatic carbocycles. The van der Waals surface area contributed by atoms with Gasteiger partial charge in [0.1, 0.15) is 17.5 Å². The van der Waals surface area contributed by atoms with Crippen molar-refractivity contribution in [3.05, 3.63) is 77.7 Å². The monoisotopic (exact) mass is 649 g/mol. The van der Waals surface area contributed by atoms with E-state index in [2.05, 4.69) is 15.2 Å². The molecule has 1 aliphatic heterocycles. The minimum absolute atomic E-state index is 0.0509. The van der Waals surface area contributed by atoms with E-state index in [0.717, 1.165) is 10.8 Å². The number of aromatic nitrogens is 1. The Morgan fingerprint density at radius 2 is 1.89 bits per heavy atom. The molecule has 0 unspecified atom stereocenters. The predicted molar refractivity (Wildman–Crippen MR) is 174 cm³/mol. The Bertz CT molecular complexity index is 1830. The quantitative estimate of drug-likeness (QED) is 0.251. The lowest BCUT2D eigenvalue weighted by Gasteiger charge is -2.34. The number of amides is 3. The van der Waals surface area contributed by atoms with Crippen LogP contribution < -0.4 is 14.8 Å². The van der Waals surface area contributed by atoms with Crippen LogP contribution in [0.1, 0.15) is 30.9 Å². The summed E-state index contributed by atoms with van der Waals surface area (Å²) in [6.07, 6.45) is -0.636. The topological polar surface area (TPSA) is 154 Å². The van der Waals surface area contributed by atoms with Gasteiger partial charge in [-0.2, -0.15) is 0 Å². The van der Waals surface area contributed by atoms with E-state index in [9.17, 15) is 23.1 Å². The molecule has 3 N–H and O–H groups in total. The molecule has 0 saturated heterocycles. The third kappa shape index (κ3) is 6.95. The van der Waals surface area contributed by atoms with Crippen LogP contribution in [0.2, 0.25) is 0 Å². The van der Waals surface area contributed by atoms with Crippen molar-refractivity contribution in [3.63, 3.8) is 0 Å². The molecule has 12 nitrogen and oxygen atoms in total. The van der Waals surface area contributed by atoms with Crippen LogP contribution in [0.15, 0.2) is 70.1 Å². The molecule has 244 valence electrons. The number of aliphatic hydroxyl groups excluding tert-OH is 1. The summed E-state index contributed by atoms with van der Waals surface area (Å²) in [5.41, 5.74) is 1.60. The van der Waals surface area contributed by atoms with Crippen molar-refractivity contribution >= 4 is 44.1 Å². The summed E-state index contributed by atoms with van der Waals surface area (Å²) in [5.74, 6) is 0.0678. The highest BCUT2D eigenvalue weighted by Crippen LogP contribution is 2.31. The van der Waals surface area contributed by atoms with Crippen molar-refractivity contribution in [2.75, 3.05) is 36.8 Å². The lowest BCUT2D eigenvalue weighted by Crippen LogP contribution is -2.48. The summed E-state index contributed by atoms with van der Waals surface area (Å²) in [7, 11) is -2.36. The Balaban J connectivity index is 1.42. The largest absolute Gasteiger partial charge is 0.488 e. The van der Waals surface area contributed by atoms with Crippen LogP contribution in [0.3, 0.4) is 0 Å². The van der Waals surface area contributed by atoms with Crippen LogP contribution in [0.5, 0.6) is 5.75 Å². The number of likely N-dealkylation sites (N-methyl/N-ethyl adjacent to an activating group) is 1. The van der Waals surface area contributed by atoms with Crippen LogP contribution in [0.25, 0.3) is 10.8 Å². The molecule has 3 amide bonds. The molecule has 0 fully saturated rings. The van der Waals surface area contributed by atoms with Gasteiger partial charge in [0.05, 0.1) is 31.3 Å². The summed E-state index contributed by atoms with van der Waals surface area (Å²) in [6, 6.07) is 17.4. The lowest BCUT2D eigenvalue weighted by molar-refractivity contribution is -0.134. The molecule has 2 heterocycles. The number of hydrogen-bond acceptors (Lipinski definition) is 8. The first-order chi connectivity index (χ1) is 21.9. The van der Waals surface area contributed by atoms with E-state index < -0.39 is 22.2 Å². The highest BCUT2D eigenvalue weighted by atomic mass is 32.2. The Morgan fingerprint density at radius 1 is 1.15 bits per heavy atom. The molecule has 4 aromatic rings. The molecule has 46 heavy (non-hydrogen) atoms. The minimum atomic E-state index is -4.03. The van der Waals surface area contributed by atoms with E-state index in [1.165, 1.54) is 11.8 Å². The van der Waals surface area contributed by atoms with E-state index in [1.54, 1.807) is 44.0 Å². The number of fused-ring (bicyclic) bond motifs is 2. The van der Waals surface area contributed by atoms with Crippen LogP contribution in [0, 0.1) is 19.8 Å². The lowest BCUT2D eigenvalue weighted by atomic mass is 10.0. The van der Waals surface area contributed by atoms with Gasteiger partial charge in [-0.1, -0.05) is 48.5 Å². The fraction of sp³-hybridized carbons (Fsp3) is 0.364. The summed E-state index contributed by atoms with van der Waals surface area (Å²) < 4.78 is 40.5. The number of ether oxygens (including phenoxy) is 1. The molecule has 5 rings (SSSR count). The zero-order valence-electron chi connectivity index (χ0n) is 26.5. The fourth-order valence-corrected chi connectivity index (χ4v) is 7.05. The van der Waals surface area contributed by atoms with E-state index in [4.69, 9.17) is 9.26 Å². The zero-order valence-corrected chi connectivity index (χ0v) is 27.3. The van der Waals surface area contributed by atoms with Crippen molar-refractivity contribution in [2.45, 2.75) is 51.2 Å². The third-order valence-electron chi connectivity index (χ3n) is 8.24. The number of sulfonamides is 1. The van der Waals surface area contributed by atoms with Crippen molar-refractivity contribution in [1.82, 2.24) is 15.0 Å². The minimum Gasteiger partial charge on any atom is -0.488 e. The highest BCUT2D eigenvalue weighted by Gasteiger charge is 2.32. The Kier molecular flexibility index (Phi) is 9.54. The summed E-state index contributed by atoms with van der Waals surface area (Å²) >= 11 is 0. The van der Waals surface area contributed by atoms with Crippen LogP contribution in [-0.2, 0) is 21.2 Å². The van der Waals surface area contributed by atoms with Crippen molar-refractivity contribution in [1.29, 1.82) is 0 Å². The maximum absolute atomic E-state index is 13.6. The maximum atomic E-state index is 13.6. The van der Waals surface area contributed by atoms with Crippen LogP contribution in [0.4, 0.5) is 16.2 Å². The molecule has 1 aromatic heterocycles. The highest BCUT2D eigenvalue weighted by molar-refractivity contribution is 7.92.